The summed E-state index contributed by atoms with van der Waals surface area (Å²) in [4.78, 5) is 0. The minimum Gasteiger partial charge on any atom is -0.494 e. The zero-order valence-corrected chi connectivity index (χ0v) is 11.7. The lowest BCUT2D eigenvalue weighted by atomic mass is 10.3. The van der Waals surface area contributed by atoms with Crippen molar-refractivity contribution in [3.05, 3.63) is 42.7 Å². The highest BCUT2D eigenvalue weighted by Crippen LogP contribution is 2.15. The van der Waals surface area contributed by atoms with Crippen LogP contribution in [0.5, 0.6) is 5.75 Å². The summed E-state index contributed by atoms with van der Waals surface area (Å²) in [7, 11) is 0. The molecule has 0 radical (unpaired) electrons. The highest BCUT2D eigenvalue weighted by atomic mass is 16.5. The van der Waals surface area contributed by atoms with Crippen LogP contribution in [-0.4, -0.2) is 34.1 Å². The molecule has 0 aliphatic rings. The van der Waals surface area contributed by atoms with E-state index >= 15 is 0 Å². The van der Waals surface area contributed by atoms with Crippen LogP contribution in [0.25, 0.3) is 0 Å². The van der Waals surface area contributed by atoms with Gasteiger partial charge in [-0.25, -0.2) is 0 Å². The number of benzene rings is 1. The Morgan fingerprint density at radius 3 is 2.80 bits per heavy atom. The van der Waals surface area contributed by atoms with Crippen LogP contribution < -0.4 is 10.1 Å². The van der Waals surface area contributed by atoms with Crippen molar-refractivity contribution in [2.75, 3.05) is 18.5 Å². The summed E-state index contributed by atoms with van der Waals surface area (Å²) in [6.45, 7) is 3.78. The maximum absolute atomic E-state index is 9.91. The molecule has 20 heavy (non-hydrogen) atoms. The first-order chi connectivity index (χ1) is 9.78. The van der Waals surface area contributed by atoms with Gasteiger partial charge < -0.3 is 15.2 Å². The van der Waals surface area contributed by atoms with Crippen LogP contribution in [0.15, 0.2) is 42.7 Å². The Balaban J connectivity index is 1.75. The largest absolute Gasteiger partial charge is 0.494 e. The molecular weight excluding hydrogens is 254 g/mol. The summed E-state index contributed by atoms with van der Waals surface area (Å²) < 4.78 is 7.23. The first-order valence-electron chi connectivity index (χ1n) is 6.90. The summed E-state index contributed by atoms with van der Waals surface area (Å²) in [5, 5.41) is 17.2. The van der Waals surface area contributed by atoms with E-state index in [1.165, 1.54) is 0 Å². The zero-order chi connectivity index (χ0) is 14.2. The van der Waals surface area contributed by atoms with Crippen molar-refractivity contribution in [2.24, 2.45) is 0 Å². The average Bonchev–Trinajstić information content (AvgIpc) is 2.97. The molecule has 0 saturated carbocycles. The number of rotatable bonds is 8. The molecule has 0 bridgehead atoms. The summed E-state index contributed by atoms with van der Waals surface area (Å²) in [5.41, 5.74) is 0.966. The molecule has 2 rings (SSSR count). The molecule has 2 aromatic rings. The molecule has 1 heterocycles. The number of nitrogens with one attached hydrogen (secondary N) is 1. The molecule has 1 aromatic heterocycles. The highest BCUT2D eigenvalue weighted by Gasteiger charge is 2.05. The second-order valence-corrected chi connectivity index (χ2v) is 4.64. The number of nitrogens with zero attached hydrogens (tertiary/aromatic N) is 2. The minimum absolute atomic E-state index is 0.481. The van der Waals surface area contributed by atoms with Crippen LogP contribution in [-0.2, 0) is 6.54 Å². The van der Waals surface area contributed by atoms with Gasteiger partial charge in [0.15, 0.2) is 0 Å². The number of ether oxygens (including phenoxy) is 1. The van der Waals surface area contributed by atoms with Crippen molar-refractivity contribution >= 4 is 5.69 Å². The first-order valence-corrected chi connectivity index (χ1v) is 6.90. The van der Waals surface area contributed by atoms with Crippen LogP contribution in [0.4, 0.5) is 5.69 Å². The van der Waals surface area contributed by atoms with Crippen molar-refractivity contribution in [3.63, 3.8) is 0 Å². The van der Waals surface area contributed by atoms with Gasteiger partial charge in [-0.15, -0.1) is 0 Å². The fourth-order valence-electron chi connectivity index (χ4n) is 1.81. The number of aliphatic hydroxyl groups is 1. The highest BCUT2D eigenvalue weighted by molar-refractivity contribution is 5.46. The van der Waals surface area contributed by atoms with E-state index in [0.29, 0.717) is 13.1 Å². The molecule has 0 spiro atoms. The normalized spacial score (nSPS) is 12.1. The lowest BCUT2D eigenvalue weighted by molar-refractivity contribution is 0.161. The molecule has 1 atom stereocenters. The molecule has 1 unspecified atom stereocenters. The predicted molar refractivity (Wildman–Crippen MR) is 79.0 cm³/mol. The van der Waals surface area contributed by atoms with E-state index in [1.807, 2.05) is 36.5 Å². The van der Waals surface area contributed by atoms with Gasteiger partial charge in [0.2, 0.25) is 0 Å². The number of aromatic nitrogens is 2. The van der Waals surface area contributed by atoms with Crippen LogP contribution in [0.3, 0.4) is 0 Å². The smallest absolute Gasteiger partial charge is 0.119 e. The summed E-state index contributed by atoms with van der Waals surface area (Å²) in [6, 6.07) is 9.60. The Labute approximate surface area is 119 Å². The number of hydrogen-bond donors (Lipinski definition) is 2. The average molecular weight is 275 g/mol. The maximum atomic E-state index is 9.91. The number of hydrogen-bond acceptors (Lipinski definition) is 4. The Morgan fingerprint density at radius 1 is 1.35 bits per heavy atom. The Morgan fingerprint density at radius 2 is 2.15 bits per heavy atom. The minimum atomic E-state index is -0.481. The third-order valence-corrected chi connectivity index (χ3v) is 2.83. The van der Waals surface area contributed by atoms with E-state index in [1.54, 1.807) is 10.9 Å². The molecule has 0 saturated heterocycles. The van der Waals surface area contributed by atoms with Crippen molar-refractivity contribution in [1.82, 2.24) is 9.78 Å². The topological polar surface area (TPSA) is 59.3 Å². The van der Waals surface area contributed by atoms with Gasteiger partial charge in [-0.2, -0.15) is 5.10 Å². The molecule has 5 heteroatoms. The van der Waals surface area contributed by atoms with E-state index in [-0.39, 0.29) is 0 Å². The van der Waals surface area contributed by atoms with Gasteiger partial charge in [-0.1, -0.05) is 6.92 Å². The first kappa shape index (κ1) is 14.4. The van der Waals surface area contributed by atoms with Crippen LogP contribution in [0.1, 0.15) is 13.3 Å². The molecular formula is C15H21N3O2. The monoisotopic (exact) mass is 275 g/mol. The van der Waals surface area contributed by atoms with Gasteiger partial charge in [-0.3, -0.25) is 4.68 Å². The van der Waals surface area contributed by atoms with Gasteiger partial charge in [-0.05, 0) is 36.8 Å². The molecule has 5 nitrogen and oxygen atoms in total. The van der Waals surface area contributed by atoms with Crippen LogP contribution in [0, 0.1) is 0 Å². The third kappa shape index (κ3) is 4.59. The second-order valence-electron chi connectivity index (χ2n) is 4.64. The van der Waals surface area contributed by atoms with Gasteiger partial charge in [0, 0.05) is 24.6 Å². The second kappa shape index (κ2) is 7.55. The fourth-order valence-corrected chi connectivity index (χ4v) is 1.81. The number of anilines is 1. The maximum Gasteiger partial charge on any atom is 0.119 e. The predicted octanol–water partition coefficient (Wildman–Crippen LogP) is 2.14. The van der Waals surface area contributed by atoms with Crippen molar-refractivity contribution in [1.29, 1.82) is 0 Å². The van der Waals surface area contributed by atoms with Crippen molar-refractivity contribution < 1.29 is 9.84 Å². The molecule has 1 aromatic carbocycles. The quantitative estimate of drug-likeness (QED) is 0.775. The Hall–Kier alpha value is -2.01. The van der Waals surface area contributed by atoms with Crippen molar-refractivity contribution in [2.45, 2.75) is 26.0 Å². The molecule has 2 N–H and O–H groups in total. The standard InChI is InChI=1S/C15H21N3O2/c1-2-10-20-15-6-4-13(5-7-15)16-11-14(19)12-18-9-3-8-17-18/h3-9,14,16,19H,2,10-12H2,1H3. The summed E-state index contributed by atoms with van der Waals surface area (Å²) in [5.74, 6) is 0.870. The van der Waals surface area contributed by atoms with Gasteiger partial charge in [0.1, 0.15) is 5.75 Å². The summed E-state index contributed by atoms with van der Waals surface area (Å²) in [6.07, 6.45) is 4.06. The molecule has 0 amide bonds. The molecule has 108 valence electrons. The van der Waals surface area contributed by atoms with Gasteiger partial charge in [0.25, 0.3) is 0 Å². The molecule has 0 aliphatic heterocycles. The Bertz CT molecular complexity index is 482. The van der Waals surface area contributed by atoms with Crippen LogP contribution >= 0.6 is 0 Å². The van der Waals surface area contributed by atoms with Crippen molar-refractivity contribution in [3.8, 4) is 5.75 Å². The lowest BCUT2D eigenvalue weighted by Crippen LogP contribution is -2.25. The molecule has 0 aliphatic carbocycles. The van der Waals surface area contributed by atoms with Crippen LogP contribution in [0.2, 0.25) is 0 Å². The summed E-state index contributed by atoms with van der Waals surface area (Å²) >= 11 is 0. The van der Waals surface area contributed by atoms with Gasteiger partial charge in [0.05, 0.1) is 19.3 Å². The molecule has 0 fully saturated rings. The van der Waals surface area contributed by atoms with Gasteiger partial charge >= 0.3 is 0 Å². The van der Waals surface area contributed by atoms with E-state index in [4.69, 9.17) is 4.74 Å². The SMILES string of the molecule is CCCOc1ccc(NCC(O)Cn2cccn2)cc1. The third-order valence-electron chi connectivity index (χ3n) is 2.83. The van der Waals surface area contributed by atoms with E-state index in [0.717, 1.165) is 24.5 Å². The van der Waals surface area contributed by atoms with E-state index < -0.39 is 6.10 Å². The zero-order valence-electron chi connectivity index (χ0n) is 11.7. The fraction of sp³-hybridized carbons (Fsp3) is 0.400. The number of aliphatic hydroxyl groups excluding tert-OH is 1. The lowest BCUT2D eigenvalue weighted by Gasteiger charge is -2.13. The van der Waals surface area contributed by atoms with E-state index in [2.05, 4.69) is 17.3 Å². The van der Waals surface area contributed by atoms with E-state index in [9.17, 15) is 5.11 Å². The Kier molecular flexibility index (Phi) is 5.43.